The molecule has 1 aromatic rings. The topological polar surface area (TPSA) is 35.2 Å². The first kappa shape index (κ1) is 12.9. The first-order valence-corrected chi connectivity index (χ1v) is 5.78. The van der Waals surface area contributed by atoms with Gasteiger partial charge in [0.25, 0.3) is 0 Å². The molecule has 0 saturated heterocycles. The van der Waals surface area contributed by atoms with Crippen molar-refractivity contribution < 1.29 is 4.74 Å². The predicted molar refractivity (Wildman–Crippen MR) is 70.2 cm³/mol. The highest BCUT2D eigenvalue weighted by atomic mass is 35.5. The van der Waals surface area contributed by atoms with Crippen LogP contribution in [0.2, 0.25) is 0 Å². The van der Waals surface area contributed by atoms with Crippen LogP contribution in [0.3, 0.4) is 0 Å². The minimum Gasteiger partial charge on any atom is -0.489 e. The van der Waals surface area contributed by atoms with Crippen molar-refractivity contribution in [3.05, 3.63) is 34.9 Å². The van der Waals surface area contributed by atoms with Crippen LogP contribution >= 0.6 is 11.6 Å². The summed E-state index contributed by atoms with van der Waals surface area (Å²) in [4.78, 5) is 0. The van der Waals surface area contributed by atoms with Gasteiger partial charge in [-0.15, -0.1) is 0 Å². The number of rotatable bonds is 4. The first-order valence-electron chi connectivity index (χ1n) is 5.34. The summed E-state index contributed by atoms with van der Waals surface area (Å²) in [5, 5.41) is 0. The summed E-state index contributed by atoms with van der Waals surface area (Å²) in [6.07, 6.45) is 1.76. The van der Waals surface area contributed by atoms with Crippen molar-refractivity contribution >= 4 is 17.3 Å². The summed E-state index contributed by atoms with van der Waals surface area (Å²) in [7, 11) is 0. The summed E-state index contributed by atoms with van der Waals surface area (Å²) >= 11 is 5.45. The molecule has 0 spiro atoms. The number of aryl methyl sites for hydroxylation is 1. The van der Waals surface area contributed by atoms with E-state index in [0.29, 0.717) is 12.5 Å². The third-order valence-corrected chi connectivity index (χ3v) is 2.62. The molecule has 0 fully saturated rings. The molecule has 0 unspecified atom stereocenters. The van der Waals surface area contributed by atoms with Crippen LogP contribution in [0.1, 0.15) is 30.9 Å². The van der Waals surface area contributed by atoms with Crippen LogP contribution in [0.4, 0.5) is 5.69 Å². The molecule has 0 aliphatic rings. The minimum atomic E-state index is 0.387. The Morgan fingerprint density at radius 1 is 1.44 bits per heavy atom. The molecule has 0 radical (unpaired) electrons. The Hall–Kier alpha value is -1.15. The largest absolute Gasteiger partial charge is 0.489 e. The van der Waals surface area contributed by atoms with Gasteiger partial charge in [0.05, 0.1) is 0 Å². The third kappa shape index (κ3) is 3.17. The molecule has 1 aromatic carbocycles. The first-order chi connectivity index (χ1) is 7.56. The summed E-state index contributed by atoms with van der Waals surface area (Å²) in [5.74, 6) is 1.27. The molecular weight excluding hydrogens is 222 g/mol. The lowest BCUT2D eigenvalue weighted by molar-refractivity contribution is 0.357. The van der Waals surface area contributed by atoms with E-state index in [0.717, 1.165) is 22.6 Å². The Bertz CT molecular complexity index is 386. The molecule has 0 amide bonds. The Morgan fingerprint density at radius 3 is 2.69 bits per heavy atom. The molecule has 0 atom stereocenters. The number of nitrogens with two attached hydrogens (primary N) is 1. The lowest BCUT2D eigenvalue weighted by Gasteiger charge is -2.15. The van der Waals surface area contributed by atoms with Gasteiger partial charge in [0.1, 0.15) is 12.4 Å². The Kier molecular flexibility index (Phi) is 4.69. The fourth-order valence-corrected chi connectivity index (χ4v) is 1.54. The van der Waals surface area contributed by atoms with Crippen molar-refractivity contribution in [3.8, 4) is 5.75 Å². The molecule has 0 heterocycles. The second-order valence-corrected chi connectivity index (χ2v) is 4.33. The van der Waals surface area contributed by atoms with E-state index < -0.39 is 0 Å². The van der Waals surface area contributed by atoms with Crippen LogP contribution in [0, 0.1) is 6.92 Å². The van der Waals surface area contributed by atoms with Crippen LogP contribution in [0.15, 0.2) is 23.7 Å². The molecule has 1 rings (SSSR count). The van der Waals surface area contributed by atoms with Gasteiger partial charge in [-0.2, -0.15) is 0 Å². The van der Waals surface area contributed by atoms with E-state index in [9.17, 15) is 0 Å². The maximum absolute atomic E-state index is 5.89. The normalized spacial score (nSPS) is 11.3. The lowest BCUT2D eigenvalue weighted by atomic mass is 9.99. The van der Waals surface area contributed by atoms with Gasteiger partial charge < -0.3 is 10.5 Å². The fourth-order valence-electron chi connectivity index (χ4n) is 1.47. The lowest BCUT2D eigenvalue weighted by Crippen LogP contribution is -2.02. The van der Waals surface area contributed by atoms with Crippen LogP contribution in [-0.2, 0) is 0 Å². The zero-order chi connectivity index (χ0) is 12.1. The van der Waals surface area contributed by atoms with Gasteiger partial charge in [0.15, 0.2) is 0 Å². The molecule has 16 heavy (non-hydrogen) atoms. The number of hydrogen-bond acceptors (Lipinski definition) is 2. The highest BCUT2D eigenvalue weighted by Gasteiger charge is 2.10. The van der Waals surface area contributed by atoms with Gasteiger partial charge in [-0.3, -0.25) is 0 Å². The van der Waals surface area contributed by atoms with E-state index in [1.807, 2.05) is 19.1 Å². The summed E-state index contributed by atoms with van der Waals surface area (Å²) in [5.41, 5.74) is 10.3. The van der Waals surface area contributed by atoms with E-state index in [1.54, 1.807) is 6.08 Å². The molecule has 3 heteroatoms. The van der Waals surface area contributed by atoms with Crippen LogP contribution < -0.4 is 10.5 Å². The van der Waals surface area contributed by atoms with Crippen LogP contribution in [-0.4, -0.2) is 6.61 Å². The summed E-state index contributed by atoms with van der Waals surface area (Å²) < 4.78 is 5.65. The van der Waals surface area contributed by atoms with Crippen molar-refractivity contribution in [1.82, 2.24) is 0 Å². The number of ether oxygens (including phenoxy) is 1. The zero-order valence-corrected chi connectivity index (χ0v) is 10.7. The fraction of sp³-hybridized carbons (Fsp3) is 0.385. The maximum Gasteiger partial charge on any atom is 0.123 e. The highest BCUT2D eigenvalue weighted by molar-refractivity contribution is 6.25. The second-order valence-electron chi connectivity index (χ2n) is 4.07. The van der Waals surface area contributed by atoms with Crippen molar-refractivity contribution in [1.29, 1.82) is 0 Å². The molecule has 88 valence electrons. The van der Waals surface area contributed by atoms with Gasteiger partial charge in [-0.05, 0) is 42.2 Å². The zero-order valence-electron chi connectivity index (χ0n) is 9.96. The number of hydrogen-bond donors (Lipinski definition) is 1. The number of halogens is 1. The van der Waals surface area contributed by atoms with Gasteiger partial charge >= 0.3 is 0 Å². The van der Waals surface area contributed by atoms with Gasteiger partial charge in [-0.25, -0.2) is 0 Å². The Morgan fingerprint density at radius 2 is 2.12 bits per heavy atom. The Balaban J connectivity index is 3.00. The SMILES string of the molecule is Cc1cc(OC/C=C/Cl)c(C(C)C)cc1N. The summed E-state index contributed by atoms with van der Waals surface area (Å²) in [6.45, 7) is 6.69. The number of benzene rings is 1. The standard InChI is InChI=1S/C13H18ClNO/c1-9(2)11-8-12(15)10(3)7-13(11)16-6-4-5-14/h4-5,7-9H,6,15H2,1-3H3/b5-4+. The van der Waals surface area contributed by atoms with Crippen LogP contribution in [0.5, 0.6) is 5.75 Å². The molecule has 0 aliphatic heterocycles. The smallest absolute Gasteiger partial charge is 0.123 e. The molecule has 2 nitrogen and oxygen atoms in total. The van der Waals surface area contributed by atoms with Crippen LogP contribution in [0.25, 0.3) is 0 Å². The number of nitrogen functional groups attached to an aromatic ring is 1. The molecular formula is C13H18ClNO. The predicted octanol–water partition coefficient (Wildman–Crippen LogP) is 3.83. The van der Waals surface area contributed by atoms with E-state index in [1.165, 1.54) is 5.54 Å². The summed E-state index contributed by atoms with van der Waals surface area (Å²) in [6, 6.07) is 3.96. The quantitative estimate of drug-likeness (QED) is 0.811. The second kappa shape index (κ2) is 5.80. The van der Waals surface area contributed by atoms with Gasteiger partial charge in [-0.1, -0.05) is 25.4 Å². The van der Waals surface area contributed by atoms with Crippen molar-refractivity contribution in [2.75, 3.05) is 12.3 Å². The van der Waals surface area contributed by atoms with Crippen molar-refractivity contribution in [2.45, 2.75) is 26.7 Å². The van der Waals surface area contributed by atoms with Crippen molar-refractivity contribution in [2.24, 2.45) is 0 Å². The van der Waals surface area contributed by atoms with E-state index >= 15 is 0 Å². The molecule has 0 aromatic heterocycles. The van der Waals surface area contributed by atoms with E-state index in [-0.39, 0.29) is 0 Å². The number of anilines is 1. The average molecular weight is 240 g/mol. The molecule has 0 bridgehead atoms. The molecule has 2 N–H and O–H groups in total. The van der Waals surface area contributed by atoms with Gasteiger partial charge in [0.2, 0.25) is 0 Å². The monoisotopic (exact) mass is 239 g/mol. The average Bonchev–Trinajstić information content (AvgIpc) is 2.23. The third-order valence-electron chi connectivity index (χ3n) is 2.44. The van der Waals surface area contributed by atoms with E-state index in [4.69, 9.17) is 22.1 Å². The van der Waals surface area contributed by atoms with Gasteiger partial charge in [0, 0.05) is 11.2 Å². The molecule has 0 saturated carbocycles. The minimum absolute atomic E-state index is 0.387. The Labute approximate surface area is 102 Å². The molecule has 0 aliphatic carbocycles. The van der Waals surface area contributed by atoms with E-state index in [2.05, 4.69) is 13.8 Å². The maximum atomic E-state index is 5.89. The van der Waals surface area contributed by atoms with Crippen molar-refractivity contribution in [3.63, 3.8) is 0 Å². The highest BCUT2D eigenvalue weighted by Crippen LogP contribution is 2.30.